The van der Waals surface area contributed by atoms with Gasteiger partial charge >= 0.3 is 5.97 Å². The summed E-state index contributed by atoms with van der Waals surface area (Å²) in [6.07, 6.45) is 5.07. The lowest BCUT2D eigenvalue weighted by atomic mass is 10.6. The van der Waals surface area contributed by atoms with Crippen molar-refractivity contribution in [3.63, 3.8) is 0 Å². The van der Waals surface area contributed by atoms with E-state index in [0.717, 1.165) is 0 Å². The van der Waals surface area contributed by atoms with Gasteiger partial charge in [-0.15, -0.1) is 6.42 Å². The van der Waals surface area contributed by atoms with Crippen LogP contribution < -0.4 is 5.32 Å². The Labute approximate surface area is 248 Å². The molecule has 0 unspecified atom stereocenters. The van der Waals surface area contributed by atoms with Crippen LogP contribution in [0.2, 0.25) is 0 Å². The van der Waals surface area contributed by atoms with E-state index in [1.54, 1.807) is 0 Å². The first-order valence-electron chi connectivity index (χ1n) is 13.9. The fourth-order valence-corrected chi connectivity index (χ4v) is 2.66. The molecule has 0 aromatic carbocycles. The van der Waals surface area contributed by atoms with Gasteiger partial charge in [0.2, 0.25) is 5.91 Å². The Hall–Kier alpha value is -1.94. The molecule has 0 rings (SSSR count). The number of carboxylic acid groups (broad SMARTS) is 1. The molecule has 246 valence electrons. The number of carboxylic acids is 1. The van der Waals surface area contributed by atoms with E-state index in [9.17, 15) is 9.59 Å². The molecule has 0 heterocycles. The molecule has 42 heavy (non-hydrogen) atoms. The van der Waals surface area contributed by atoms with Gasteiger partial charge in [-0.3, -0.25) is 4.79 Å². The van der Waals surface area contributed by atoms with Crippen LogP contribution in [0.1, 0.15) is 0 Å². The number of amides is 1. The van der Waals surface area contributed by atoms with E-state index in [4.69, 9.17) is 58.9 Å². The molecule has 0 radical (unpaired) electrons. The van der Waals surface area contributed by atoms with Gasteiger partial charge in [-0.2, -0.15) is 0 Å². The summed E-state index contributed by atoms with van der Waals surface area (Å²) in [4.78, 5) is 21.6. The minimum Gasteiger partial charge on any atom is -0.480 e. The van der Waals surface area contributed by atoms with Crippen LogP contribution in [-0.4, -0.2) is 169 Å². The molecule has 0 aromatic rings. The van der Waals surface area contributed by atoms with E-state index in [0.29, 0.717) is 139 Å². The van der Waals surface area contributed by atoms with E-state index < -0.39 is 18.5 Å². The normalized spacial score (nSPS) is 11.0. The summed E-state index contributed by atoms with van der Waals surface area (Å²) in [6.45, 7) is 8.56. The van der Waals surface area contributed by atoms with Crippen LogP contribution in [0.15, 0.2) is 0 Å². The van der Waals surface area contributed by atoms with Crippen molar-refractivity contribution >= 4 is 11.9 Å². The van der Waals surface area contributed by atoms with Crippen molar-refractivity contribution in [2.45, 2.75) is 0 Å². The van der Waals surface area contributed by atoms with E-state index in [2.05, 4.69) is 16.0 Å². The molecule has 0 saturated heterocycles. The van der Waals surface area contributed by atoms with Gasteiger partial charge in [0.15, 0.2) is 0 Å². The van der Waals surface area contributed by atoms with Crippen molar-refractivity contribution in [1.82, 2.24) is 5.32 Å². The van der Waals surface area contributed by atoms with Crippen molar-refractivity contribution < 1.29 is 66.8 Å². The number of hydrogen-bond donors (Lipinski definition) is 2. The monoisotopic (exact) mass is 611 g/mol. The zero-order valence-corrected chi connectivity index (χ0v) is 24.6. The highest BCUT2D eigenvalue weighted by atomic mass is 16.6. The molecule has 0 atom stereocenters. The van der Waals surface area contributed by atoms with Crippen molar-refractivity contribution in [2.24, 2.45) is 0 Å². The van der Waals surface area contributed by atoms with Crippen molar-refractivity contribution in [2.75, 3.05) is 152 Å². The lowest BCUT2D eigenvalue weighted by Gasteiger charge is -2.09. The van der Waals surface area contributed by atoms with Crippen molar-refractivity contribution in [3.8, 4) is 12.3 Å². The topological polar surface area (TPSA) is 168 Å². The maximum Gasteiger partial charge on any atom is 0.329 e. The highest BCUT2D eigenvalue weighted by Crippen LogP contribution is 1.86. The summed E-state index contributed by atoms with van der Waals surface area (Å²) < 4.78 is 58.3. The number of carbonyl (C=O) groups is 2. The smallest absolute Gasteiger partial charge is 0.329 e. The zero-order chi connectivity index (χ0) is 30.6. The number of ether oxygens (including phenoxy) is 11. The second-order valence-electron chi connectivity index (χ2n) is 8.00. The third kappa shape index (κ3) is 36.1. The molecule has 15 nitrogen and oxygen atoms in total. The Bertz CT molecular complexity index is 634. The Kier molecular flexibility index (Phi) is 33.6. The molecule has 0 fully saturated rings. The molecule has 0 saturated carbocycles. The first-order valence-corrected chi connectivity index (χ1v) is 13.9. The predicted molar refractivity (Wildman–Crippen MR) is 148 cm³/mol. The van der Waals surface area contributed by atoms with Crippen LogP contribution in [-0.2, 0) is 61.7 Å². The van der Waals surface area contributed by atoms with Gasteiger partial charge < -0.3 is 62.5 Å². The van der Waals surface area contributed by atoms with E-state index in [-0.39, 0.29) is 6.61 Å². The van der Waals surface area contributed by atoms with Gasteiger partial charge in [0, 0.05) is 6.54 Å². The molecular weight excluding hydrogens is 562 g/mol. The first-order chi connectivity index (χ1) is 20.7. The number of carbonyl (C=O) groups excluding carboxylic acids is 1. The minimum absolute atomic E-state index is 0.299. The Morgan fingerprint density at radius 2 is 0.786 bits per heavy atom. The van der Waals surface area contributed by atoms with Gasteiger partial charge in [0.1, 0.15) is 19.8 Å². The predicted octanol–water partition coefficient (Wildman–Crippen LogP) is -0.997. The average molecular weight is 612 g/mol. The van der Waals surface area contributed by atoms with Crippen LogP contribution in [0, 0.1) is 12.3 Å². The Morgan fingerprint density at radius 3 is 1.10 bits per heavy atom. The first kappa shape index (κ1) is 40.1. The number of rotatable bonds is 35. The summed E-state index contributed by atoms with van der Waals surface area (Å²) in [5, 5.41) is 11.0. The van der Waals surface area contributed by atoms with Crippen LogP contribution >= 0.6 is 0 Å². The number of aliphatic carboxylic acids is 1. The Morgan fingerprint density at radius 1 is 0.476 bits per heavy atom. The SMILES string of the molecule is C#CCOCCOCCOCCOCCOCCOCCOCCOCCOCCOCCNC(=O)COCC(=O)O. The molecule has 0 aliphatic rings. The standard InChI is InChI=1S/C27H49NO14/c1-2-4-32-6-8-34-10-12-36-14-16-38-18-20-40-22-23-41-21-19-39-17-15-37-13-11-35-9-7-33-5-3-28-26(29)24-42-25-27(30)31/h1H,3-25H2,(H,28,29)(H,30,31). The summed E-state index contributed by atoms with van der Waals surface area (Å²) in [5.41, 5.74) is 0. The summed E-state index contributed by atoms with van der Waals surface area (Å²) in [6, 6.07) is 0. The highest BCUT2D eigenvalue weighted by molar-refractivity contribution is 5.77. The molecule has 2 N–H and O–H groups in total. The maximum atomic E-state index is 11.3. The van der Waals surface area contributed by atoms with Crippen molar-refractivity contribution in [3.05, 3.63) is 0 Å². The molecule has 0 spiro atoms. The second kappa shape index (κ2) is 35.3. The van der Waals surface area contributed by atoms with Gasteiger partial charge in [-0.1, -0.05) is 5.92 Å². The number of hydrogen-bond acceptors (Lipinski definition) is 13. The van der Waals surface area contributed by atoms with E-state index >= 15 is 0 Å². The maximum absolute atomic E-state index is 11.3. The number of terminal acetylenes is 1. The minimum atomic E-state index is -1.12. The lowest BCUT2D eigenvalue weighted by molar-refractivity contribution is -0.143. The fourth-order valence-electron chi connectivity index (χ4n) is 2.66. The van der Waals surface area contributed by atoms with Crippen LogP contribution in [0.3, 0.4) is 0 Å². The van der Waals surface area contributed by atoms with Gasteiger partial charge in [-0.05, 0) is 0 Å². The molecule has 15 heteroatoms. The molecule has 0 aliphatic carbocycles. The third-order valence-electron chi connectivity index (χ3n) is 4.56. The van der Waals surface area contributed by atoms with Crippen molar-refractivity contribution in [1.29, 1.82) is 0 Å². The average Bonchev–Trinajstić information content (AvgIpc) is 2.97. The summed E-state index contributed by atoms with van der Waals surface area (Å²) in [7, 11) is 0. The molecule has 0 aromatic heterocycles. The van der Waals surface area contributed by atoms with Gasteiger partial charge in [-0.25, -0.2) is 4.79 Å². The fraction of sp³-hybridized carbons (Fsp3) is 0.852. The zero-order valence-electron chi connectivity index (χ0n) is 24.6. The second-order valence-corrected chi connectivity index (χ2v) is 8.00. The van der Waals surface area contributed by atoms with Gasteiger partial charge in [0.05, 0.1) is 126 Å². The van der Waals surface area contributed by atoms with Crippen LogP contribution in [0.5, 0.6) is 0 Å². The quantitative estimate of drug-likeness (QED) is 0.0661. The summed E-state index contributed by atoms with van der Waals surface area (Å²) in [5.74, 6) is 0.866. The lowest BCUT2D eigenvalue weighted by Crippen LogP contribution is -2.31. The van der Waals surface area contributed by atoms with E-state index in [1.165, 1.54) is 0 Å². The molecule has 1 amide bonds. The highest BCUT2D eigenvalue weighted by Gasteiger charge is 2.03. The number of nitrogens with one attached hydrogen (secondary N) is 1. The molecular formula is C27H49NO14. The van der Waals surface area contributed by atoms with Crippen LogP contribution in [0.25, 0.3) is 0 Å². The van der Waals surface area contributed by atoms with Crippen LogP contribution in [0.4, 0.5) is 0 Å². The van der Waals surface area contributed by atoms with Gasteiger partial charge in [0.25, 0.3) is 0 Å². The molecule has 0 aliphatic heterocycles. The Balaban J connectivity index is 3.09. The largest absolute Gasteiger partial charge is 0.480 e. The third-order valence-corrected chi connectivity index (χ3v) is 4.56. The molecule has 0 bridgehead atoms. The summed E-state index contributed by atoms with van der Waals surface area (Å²) >= 11 is 0. The van der Waals surface area contributed by atoms with E-state index in [1.807, 2.05) is 0 Å².